The zero-order chi connectivity index (χ0) is 13.1. The molecule has 0 unspecified atom stereocenters. The summed E-state index contributed by atoms with van der Waals surface area (Å²) in [7, 11) is 0. The molecule has 1 aliphatic rings. The third-order valence-electron chi connectivity index (χ3n) is 2.60. The Labute approximate surface area is 102 Å². The van der Waals surface area contributed by atoms with E-state index in [-0.39, 0.29) is 11.4 Å². The van der Waals surface area contributed by atoms with Crippen molar-refractivity contribution in [2.45, 2.75) is 0 Å². The number of anilines is 2. The van der Waals surface area contributed by atoms with Crippen LogP contribution in [0.1, 0.15) is 0 Å². The van der Waals surface area contributed by atoms with E-state index in [2.05, 4.69) is 0 Å². The van der Waals surface area contributed by atoms with E-state index in [4.69, 9.17) is 9.84 Å². The SMILES string of the molecule is O=C(O)Nc1cc(F)c(N2CCOCC2)c(F)c1. The molecule has 2 N–H and O–H groups in total. The fraction of sp³-hybridized carbons (Fsp3) is 0.364. The fourth-order valence-corrected chi connectivity index (χ4v) is 1.85. The molecule has 0 aliphatic carbocycles. The molecule has 7 heteroatoms. The quantitative estimate of drug-likeness (QED) is 0.850. The second-order valence-electron chi connectivity index (χ2n) is 3.82. The Morgan fingerprint density at radius 2 is 1.83 bits per heavy atom. The predicted octanol–water partition coefficient (Wildman–Crippen LogP) is 1.89. The lowest BCUT2D eigenvalue weighted by molar-refractivity contribution is 0.122. The van der Waals surface area contributed by atoms with E-state index in [1.165, 1.54) is 0 Å². The third-order valence-corrected chi connectivity index (χ3v) is 2.60. The van der Waals surface area contributed by atoms with Crippen molar-refractivity contribution in [3.8, 4) is 0 Å². The maximum Gasteiger partial charge on any atom is 0.409 e. The zero-order valence-corrected chi connectivity index (χ0v) is 9.45. The summed E-state index contributed by atoms with van der Waals surface area (Å²) in [5, 5.41) is 10.4. The summed E-state index contributed by atoms with van der Waals surface area (Å²) in [6, 6.07) is 1.92. The maximum atomic E-state index is 13.8. The van der Waals surface area contributed by atoms with Crippen LogP contribution in [0.2, 0.25) is 0 Å². The number of hydrogen-bond acceptors (Lipinski definition) is 3. The number of benzene rings is 1. The summed E-state index contributed by atoms with van der Waals surface area (Å²) in [5.74, 6) is -1.58. The number of morpholine rings is 1. The number of nitrogens with zero attached hydrogens (tertiary/aromatic N) is 1. The molecule has 1 heterocycles. The second-order valence-corrected chi connectivity index (χ2v) is 3.82. The smallest absolute Gasteiger partial charge is 0.409 e. The lowest BCUT2D eigenvalue weighted by Crippen LogP contribution is -2.37. The molecule has 1 aromatic rings. The minimum Gasteiger partial charge on any atom is -0.465 e. The summed E-state index contributed by atoms with van der Waals surface area (Å²) in [6.07, 6.45) is -1.37. The number of amides is 1. The molecular weight excluding hydrogens is 246 g/mol. The van der Waals surface area contributed by atoms with Gasteiger partial charge in [-0.3, -0.25) is 5.32 Å². The van der Waals surface area contributed by atoms with Crippen LogP contribution < -0.4 is 10.2 Å². The van der Waals surface area contributed by atoms with Gasteiger partial charge < -0.3 is 14.7 Å². The molecule has 0 spiro atoms. The van der Waals surface area contributed by atoms with Crippen molar-refractivity contribution in [3.05, 3.63) is 23.8 Å². The topological polar surface area (TPSA) is 61.8 Å². The predicted molar refractivity (Wildman–Crippen MR) is 61.0 cm³/mol. The van der Waals surface area contributed by atoms with Crippen molar-refractivity contribution in [1.82, 2.24) is 0 Å². The largest absolute Gasteiger partial charge is 0.465 e. The van der Waals surface area contributed by atoms with E-state index in [0.717, 1.165) is 12.1 Å². The molecule has 0 atom stereocenters. The van der Waals surface area contributed by atoms with Crippen LogP contribution in [0, 0.1) is 11.6 Å². The van der Waals surface area contributed by atoms with Crippen molar-refractivity contribution in [3.63, 3.8) is 0 Å². The lowest BCUT2D eigenvalue weighted by atomic mass is 10.2. The van der Waals surface area contributed by atoms with Crippen molar-refractivity contribution < 1.29 is 23.4 Å². The number of hydrogen-bond donors (Lipinski definition) is 2. The molecule has 18 heavy (non-hydrogen) atoms. The van der Waals surface area contributed by atoms with Gasteiger partial charge in [-0.05, 0) is 12.1 Å². The molecule has 1 fully saturated rings. The van der Waals surface area contributed by atoms with Gasteiger partial charge in [0.2, 0.25) is 0 Å². The van der Waals surface area contributed by atoms with Gasteiger partial charge in [-0.25, -0.2) is 13.6 Å². The standard InChI is InChI=1S/C11H12F2N2O3/c12-8-5-7(14-11(16)17)6-9(13)10(8)15-1-3-18-4-2-15/h5-6,14H,1-4H2,(H,16,17). The van der Waals surface area contributed by atoms with Gasteiger partial charge in [0, 0.05) is 18.8 Å². The van der Waals surface area contributed by atoms with Gasteiger partial charge in [0.25, 0.3) is 0 Å². The first-order valence-electron chi connectivity index (χ1n) is 5.39. The van der Waals surface area contributed by atoms with E-state index < -0.39 is 17.7 Å². The minimum atomic E-state index is -1.37. The fourth-order valence-electron chi connectivity index (χ4n) is 1.85. The van der Waals surface area contributed by atoms with E-state index >= 15 is 0 Å². The normalized spacial score (nSPS) is 15.6. The zero-order valence-electron chi connectivity index (χ0n) is 9.45. The lowest BCUT2D eigenvalue weighted by Gasteiger charge is -2.29. The van der Waals surface area contributed by atoms with Crippen molar-refractivity contribution in [2.24, 2.45) is 0 Å². The van der Waals surface area contributed by atoms with Gasteiger partial charge in [0.05, 0.1) is 13.2 Å². The number of rotatable bonds is 2. The first-order chi connectivity index (χ1) is 8.58. The van der Waals surface area contributed by atoms with Gasteiger partial charge in [-0.2, -0.15) is 0 Å². The van der Waals surface area contributed by atoms with Gasteiger partial charge in [-0.1, -0.05) is 0 Å². The van der Waals surface area contributed by atoms with Gasteiger partial charge in [0.15, 0.2) is 11.6 Å². The van der Waals surface area contributed by atoms with E-state index in [1.54, 1.807) is 4.90 Å². The average Bonchev–Trinajstić information content (AvgIpc) is 2.28. The second kappa shape index (κ2) is 5.18. The summed E-state index contributed by atoms with van der Waals surface area (Å²) >= 11 is 0. The molecule has 2 rings (SSSR count). The van der Waals surface area contributed by atoms with Crippen molar-refractivity contribution in [1.29, 1.82) is 0 Å². The molecule has 0 bridgehead atoms. The molecule has 0 radical (unpaired) electrons. The van der Waals surface area contributed by atoms with E-state index in [1.807, 2.05) is 5.32 Å². The van der Waals surface area contributed by atoms with Crippen LogP contribution >= 0.6 is 0 Å². The van der Waals surface area contributed by atoms with E-state index in [9.17, 15) is 13.6 Å². The van der Waals surface area contributed by atoms with E-state index in [0.29, 0.717) is 26.3 Å². The third kappa shape index (κ3) is 2.67. The average molecular weight is 258 g/mol. The first-order valence-corrected chi connectivity index (χ1v) is 5.39. The first kappa shape index (κ1) is 12.6. The Morgan fingerprint density at radius 3 is 2.33 bits per heavy atom. The Hall–Kier alpha value is -1.89. The number of carboxylic acid groups (broad SMARTS) is 1. The Bertz CT molecular complexity index is 439. The number of nitrogens with one attached hydrogen (secondary N) is 1. The van der Waals surface area contributed by atoms with Crippen LogP contribution in [0.3, 0.4) is 0 Å². The molecule has 98 valence electrons. The Kier molecular flexibility index (Phi) is 3.61. The van der Waals surface area contributed by atoms with Gasteiger partial charge in [-0.15, -0.1) is 0 Å². The van der Waals surface area contributed by atoms with Crippen LogP contribution in [0.15, 0.2) is 12.1 Å². The highest BCUT2D eigenvalue weighted by atomic mass is 19.1. The van der Waals surface area contributed by atoms with Crippen LogP contribution in [-0.4, -0.2) is 37.5 Å². The molecule has 0 aromatic heterocycles. The number of carbonyl (C=O) groups is 1. The van der Waals surface area contributed by atoms with Crippen LogP contribution in [-0.2, 0) is 4.74 Å². The van der Waals surface area contributed by atoms with Crippen molar-refractivity contribution in [2.75, 3.05) is 36.5 Å². The summed E-state index contributed by atoms with van der Waals surface area (Å²) in [5.41, 5.74) is -0.274. The summed E-state index contributed by atoms with van der Waals surface area (Å²) in [4.78, 5) is 11.9. The Balaban J connectivity index is 2.28. The number of halogens is 2. The molecule has 1 aromatic carbocycles. The molecule has 1 saturated heterocycles. The minimum absolute atomic E-state index is 0.130. The molecule has 1 amide bonds. The highest BCUT2D eigenvalue weighted by molar-refractivity contribution is 5.83. The molecule has 0 saturated carbocycles. The van der Waals surface area contributed by atoms with Crippen molar-refractivity contribution >= 4 is 17.5 Å². The number of ether oxygens (including phenoxy) is 1. The maximum absolute atomic E-state index is 13.8. The van der Waals surface area contributed by atoms with Crippen LogP contribution in [0.5, 0.6) is 0 Å². The Morgan fingerprint density at radius 1 is 1.28 bits per heavy atom. The highest BCUT2D eigenvalue weighted by Crippen LogP contribution is 2.27. The molecule has 1 aliphatic heterocycles. The summed E-state index contributed by atoms with van der Waals surface area (Å²) < 4.78 is 32.7. The van der Waals surface area contributed by atoms with Crippen LogP contribution in [0.25, 0.3) is 0 Å². The monoisotopic (exact) mass is 258 g/mol. The van der Waals surface area contributed by atoms with Crippen LogP contribution in [0.4, 0.5) is 25.0 Å². The van der Waals surface area contributed by atoms with Gasteiger partial charge >= 0.3 is 6.09 Å². The highest BCUT2D eigenvalue weighted by Gasteiger charge is 2.20. The van der Waals surface area contributed by atoms with Gasteiger partial charge in [0.1, 0.15) is 5.69 Å². The molecule has 5 nitrogen and oxygen atoms in total. The molecular formula is C11H12F2N2O3. The summed E-state index contributed by atoms with van der Waals surface area (Å²) in [6.45, 7) is 1.63.